The Kier molecular flexibility index (Phi) is 4.61. The van der Waals surface area contributed by atoms with Crippen LogP contribution in [0, 0.1) is 20.2 Å². The summed E-state index contributed by atoms with van der Waals surface area (Å²) in [5.41, 5.74) is -0.793. The van der Waals surface area contributed by atoms with E-state index in [4.69, 9.17) is 4.18 Å². The number of benzene rings is 2. The molecule has 0 saturated heterocycles. The lowest BCUT2D eigenvalue weighted by Gasteiger charge is -2.07. The molecule has 0 bridgehead atoms. The molecule has 2 rings (SSSR count). The summed E-state index contributed by atoms with van der Waals surface area (Å²) >= 11 is 2.98. The summed E-state index contributed by atoms with van der Waals surface area (Å²) in [5, 5.41) is 21.5. The number of rotatable bonds is 5. The fourth-order valence-corrected chi connectivity index (χ4v) is 3.24. The first-order chi connectivity index (χ1) is 10.7. The summed E-state index contributed by atoms with van der Waals surface area (Å²) in [4.78, 5) is 19.5. The van der Waals surface area contributed by atoms with E-state index in [2.05, 4.69) is 15.9 Å². The van der Waals surface area contributed by atoms with Crippen molar-refractivity contribution in [1.29, 1.82) is 0 Å². The van der Waals surface area contributed by atoms with Crippen molar-refractivity contribution < 1.29 is 22.4 Å². The van der Waals surface area contributed by atoms with E-state index in [1.54, 1.807) is 0 Å². The molecule has 0 aliphatic heterocycles. The Labute approximate surface area is 138 Å². The largest absolute Gasteiger partial charge is 0.379 e. The van der Waals surface area contributed by atoms with E-state index >= 15 is 0 Å². The van der Waals surface area contributed by atoms with Crippen molar-refractivity contribution >= 4 is 37.4 Å². The zero-order valence-corrected chi connectivity index (χ0v) is 13.5. The smallest absolute Gasteiger partial charge is 0.339 e. The molecule has 0 aliphatic carbocycles. The Morgan fingerprint density at radius 3 is 2.22 bits per heavy atom. The fourth-order valence-electron chi connectivity index (χ4n) is 1.62. The van der Waals surface area contributed by atoms with Crippen LogP contribution in [0.4, 0.5) is 11.4 Å². The molecule has 2 aromatic rings. The Morgan fingerprint density at radius 2 is 1.61 bits per heavy atom. The predicted octanol–water partition coefficient (Wildman–Crippen LogP) is 3.03. The number of hydrogen-bond donors (Lipinski definition) is 0. The number of halogens is 1. The summed E-state index contributed by atoms with van der Waals surface area (Å²) in [7, 11) is -4.39. The number of nitro benzene ring substituents is 2. The maximum atomic E-state index is 12.2. The Balaban J connectivity index is 2.41. The number of non-ortho nitro benzene ring substituents is 2. The molecule has 0 aromatic heterocycles. The lowest BCUT2D eigenvalue weighted by atomic mass is 10.3. The molecule has 0 saturated carbocycles. The zero-order valence-electron chi connectivity index (χ0n) is 11.1. The quantitative estimate of drug-likeness (QED) is 0.426. The summed E-state index contributed by atoms with van der Waals surface area (Å²) < 4.78 is 29.3. The molecule has 2 aromatic carbocycles. The van der Waals surface area contributed by atoms with Crippen molar-refractivity contribution in [3.05, 3.63) is 67.2 Å². The minimum atomic E-state index is -4.39. The van der Waals surface area contributed by atoms with Crippen LogP contribution in [0.2, 0.25) is 0 Å². The third-order valence-electron chi connectivity index (χ3n) is 2.59. The van der Waals surface area contributed by atoms with E-state index < -0.39 is 30.5 Å². The van der Waals surface area contributed by atoms with Crippen LogP contribution < -0.4 is 4.18 Å². The van der Waals surface area contributed by atoms with Gasteiger partial charge >= 0.3 is 10.1 Å². The van der Waals surface area contributed by atoms with E-state index in [1.165, 1.54) is 18.2 Å². The normalized spacial score (nSPS) is 11.0. The van der Waals surface area contributed by atoms with Gasteiger partial charge in [0, 0.05) is 22.7 Å². The van der Waals surface area contributed by atoms with Crippen LogP contribution in [0.15, 0.2) is 51.8 Å². The number of hydrogen-bond acceptors (Lipinski definition) is 7. The topological polar surface area (TPSA) is 130 Å². The van der Waals surface area contributed by atoms with Crippen molar-refractivity contribution in [1.82, 2.24) is 0 Å². The maximum absolute atomic E-state index is 12.2. The van der Waals surface area contributed by atoms with E-state index in [-0.39, 0.29) is 15.9 Å². The highest BCUT2D eigenvalue weighted by molar-refractivity contribution is 9.10. The van der Waals surface area contributed by atoms with E-state index in [1.807, 2.05) is 0 Å². The highest BCUT2D eigenvalue weighted by atomic mass is 79.9. The van der Waals surface area contributed by atoms with Crippen molar-refractivity contribution in [3.8, 4) is 5.75 Å². The van der Waals surface area contributed by atoms with Crippen molar-refractivity contribution in [3.63, 3.8) is 0 Å². The van der Waals surface area contributed by atoms with Gasteiger partial charge in [-0.1, -0.05) is 22.0 Å². The fraction of sp³-hybridized carbons (Fsp3) is 0. The van der Waals surface area contributed by atoms with Crippen LogP contribution in [0.25, 0.3) is 0 Å². The highest BCUT2D eigenvalue weighted by Crippen LogP contribution is 2.27. The zero-order chi connectivity index (χ0) is 17.2. The summed E-state index contributed by atoms with van der Waals surface area (Å²) in [6.45, 7) is 0. The first-order valence-corrected chi connectivity index (χ1v) is 8.03. The molecule has 23 heavy (non-hydrogen) atoms. The van der Waals surface area contributed by atoms with Gasteiger partial charge in [-0.25, -0.2) is 0 Å². The standard InChI is InChI=1S/C12H7BrN2O7S/c13-8-4-10(15(18)19)7-12(5-8)23(20,21)22-11-3-1-2-9(6-11)14(16)17/h1-7H. The molecule has 0 unspecified atom stereocenters. The lowest BCUT2D eigenvalue weighted by Crippen LogP contribution is -2.10. The number of nitro groups is 2. The van der Waals surface area contributed by atoms with Crippen LogP contribution in [-0.4, -0.2) is 18.3 Å². The van der Waals surface area contributed by atoms with Crippen LogP contribution in [-0.2, 0) is 10.1 Å². The van der Waals surface area contributed by atoms with Gasteiger partial charge in [-0.05, 0) is 12.1 Å². The van der Waals surface area contributed by atoms with E-state index in [0.29, 0.717) is 0 Å². The molecule has 0 spiro atoms. The lowest BCUT2D eigenvalue weighted by molar-refractivity contribution is -0.385. The maximum Gasteiger partial charge on any atom is 0.339 e. The van der Waals surface area contributed by atoms with Crippen LogP contribution in [0.3, 0.4) is 0 Å². The molecule has 0 N–H and O–H groups in total. The molecular weight excluding hydrogens is 396 g/mol. The third kappa shape index (κ3) is 4.02. The molecule has 120 valence electrons. The third-order valence-corrected chi connectivity index (χ3v) is 4.27. The summed E-state index contributed by atoms with van der Waals surface area (Å²) in [6.07, 6.45) is 0. The van der Waals surface area contributed by atoms with Gasteiger partial charge in [-0.15, -0.1) is 0 Å². The summed E-state index contributed by atoms with van der Waals surface area (Å²) in [6, 6.07) is 7.67. The molecule has 9 nitrogen and oxygen atoms in total. The second-order valence-corrected chi connectivity index (χ2v) is 6.66. The van der Waals surface area contributed by atoms with Crippen molar-refractivity contribution in [2.45, 2.75) is 4.90 Å². The van der Waals surface area contributed by atoms with Gasteiger partial charge in [0.15, 0.2) is 0 Å². The minimum absolute atomic E-state index is 0.174. The summed E-state index contributed by atoms with van der Waals surface area (Å²) in [5.74, 6) is -0.276. The van der Waals surface area contributed by atoms with Crippen molar-refractivity contribution in [2.24, 2.45) is 0 Å². The first kappa shape index (κ1) is 16.8. The average molecular weight is 403 g/mol. The molecule has 0 atom stereocenters. The van der Waals surface area contributed by atoms with E-state index in [0.717, 1.165) is 24.3 Å². The molecule has 0 heterocycles. The average Bonchev–Trinajstić information content (AvgIpc) is 2.46. The Morgan fingerprint density at radius 1 is 0.957 bits per heavy atom. The monoisotopic (exact) mass is 402 g/mol. The van der Waals surface area contributed by atoms with Gasteiger partial charge in [0.25, 0.3) is 11.4 Å². The number of nitrogens with zero attached hydrogens (tertiary/aromatic N) is 2. The van der Waals surface area contributed by atoms with E-state index in [9.17, 15) is 28.6 Å². The molecule has 0 aliphatic rings. The molecule has 11 heteroatoms. The predicted molar refractivity (Wildman–Crippen MR) is 81.7 cm³/mol. The van der Waals surface area contributed by atoms with Gasteiger partial charge in [-0.2, -0.15) is 8.42 Å². The van der Waals surface area contributed by atoms with Crippen molar-refractivity contribution in [2.75, 3.05) is 0 Å². The molecule has 0 amide bonds. The molecule has 0 radical (unpaired) electrons. The first-order valence-electron chi connectivity index (χ1n) is 5.83. The Bertz CT molecular complexity index is 898. The van der Waals surface area contributed by atoms with Crippen LogP contribution in [0.5, 0.6) is 5.75 Å². The highest BCUT2D eigenvalue weighted by Gasteiger charge is 2.22. The van der Waals surface area contributed by atoms with Gasteiger partial charge in [0.05, 0.1) is 15.9 Å². The minimum Gasteiger partial charge on any atom is -0.379 e. The van der Waals surface area contributed by atoms with Gasteiger partial charge < -0.3 is 4.18 Å². The molecule has 0 fully saturated rings. The SMILES string of the molecule is O=[N+]([O-])c1cccc(OS(=O)(=O)c2cc(Br)cc([N+](=O)[O-])c2)c1. The second kappa shape index (κ2) is 6.30. The Hall–Kier alpha value is -2.53. The van der Waals surface area contributed by atoms with Crippen LogP contribution >= 0.6 is 15.9 Å². The van der Waals surface area contributed by atoms with Gasteiger partial charge in [-0.3, -0.25) is 20.2 Å². The van der Waals surface area contributed by atoms with Crippen LogP contribution in [0.1, 0.15) is 0 Å². The van der Waals surface area contributed by atoms with Gasteiger partial charge in [0.1, 0.15) is 10.6 Å². The second-order valence-electron chi connectivity index (χ2n) is 4.19. The van der Waals surface area contributed by atoms with Gasteiger partial charge in [0.2, 0.25) is 0 Å². The molecular formula is C12H7BrN2O7S.